The molecule has 1 fully saturated rings. The number of benzene rings is 1. The monoisotopic (exact) mass is 382 g/mol. The Balaban J connectivity index is 0.000000253. The van der Waals surface area contributed by atoms with E-state index in [4.69, 9.17) is 26.3 Å². The van der Waals surface area contributed by atoms with E-state index in [1.54, 1.807) is 25.6 Å². The van der Waals surface area contributed by atoms with Crippen molar-refractivity contribution in [3.05, 3.63) is 53.9 Å². The second kappa shape index (κ2) is 9.17. The number of methoxy groups -OCH3 is 1. The van der Waals surface area contributed by atoms with Gasteiger partial charge in [0.1, 0.15) is 16.7 Å². The van der Waals surface area contributed by atoms with Gasteiger partial charge in [0.2, 0.25) is 0 Å². The fourth-order valence-electron chi connectivity index (χ4n) is 2.61. The molecule has 0 spiro atoms. The van der Waals surface area contributed by atoms with Gasteiger partial charge in [-0.1, -0.05) is 11.6 Å². The largest absolute Gasteiger partial charge is 0.497 e. The second-order valence-corrected chi connectivity index (χ2v) is 6.32. The number of rotatable bonds is 3. The number of ether oxygens (including phenoxy) is 2. The summed E-state index contributed by atoms with van der Waals surface area (Å²) in [4.78, 5) is 8.41. The molecule has 138 valence electrons. The first-order valence-corrected chi connectivity index (χ1v) is 8.86. The lowest BCUT2D eigenvalue weighted by atomic mass is 10.1. The molecule has 1 N–H and O–H groups in total. The van der Waals surface area contributed by atoms with Crippen molar-refractivity contribution in [1.82, 2.24) is 9.97 Å². The zero-order chi connectivity index (χ0) is 19.1. The first kappa shape index (κ1) is 18.9. The van der Waals surface area contributed by atoms with E-state index >= 15 is 0 Å². The van der Waals surface area contributed by atoms with Crippen molar-refractivity contribution in [2.75, 3.05) is 25.6 Å². The third kappa shape index (κ3) is 5.07. The molecular weight excluding hydrogens is 364 g/mol. The van der Waals surface area contributed by atoms with Crippen LogP contribution in [0.1, 0.15) is 6.42 Å². The highest BCUT2D eigenvalue weighted by atomic mass is 35.5. The van der Waals surface area contributed by atoms with Crippen LogP contribution in [0, 0.1) is 17.2 Å². The van der Waals surface area contributed by atoms with Crippen molar-refractivity contribution >= 4 is 33.9 Å². The molecule has 1 atom stereocenters. The van der Waals surface area contributed by atoms with Gasteiger partial charge in [-0.25, -0.2) is 9.97 Å². The van der Waals surface area contributed by atoms with Crippen LogP contribution in [-0.4, -0.2) is 30.3 Å². The highest BCUT2D eigenvalue weighted by Gasteiger charge is 2.13. The summed E-state index contributed by atoms with van der Waals surface area (Å²) in [5.41, 5.74) is 0.838. The maximum Gasteiger partial charge on any atom is 0.138 e. The lowest BCUT2D eigenvalue weighted by molar-refractivity contribution is 0.192. The Hall–Kier alpha value is -2.88. The summed E-state index contributed by atoms with van der Waals surface area (Å²) in [6, 6.07) is 13.5. The van der Waals surface area contributed by atoms with Gasteiger partial charge in [-0.2, -0.15) is 5.26 Å². The molecule has 2 aromatic heterocycles. The molecule has 6 nitrogen and oxygen atoms in total. The summed E-state index contributed by atoms with van der Waals surface area (Å²) < 4.78 is 10.2. The minimum atomic E-state index is 0.181. The van der Waals surface area contributed by atoms with Crippen LogP contribution in [0.4, 0.5) is 11.5 Å². The Labute approximate surface area is 162 Å². The molecule has 1 aromatic carbocycles. The molecule has 1 aliphatic rings. The molecular formula is C20H19ClN4O2. The smallest absolute Gasteiger partial charge is 0.138 e. The van der Waals surface area contributed by atoms with Crippen LogP contribution < -0.4 is 10.1 Å². The quantitative estimate of drug-likeness (QED) is 0.668. The highest BCUT2D eigenvalue weighted by molar-refractivity contribution is 6.29. The predicted octanol–water partition coefficient (Wildman–Crippen LogP) is 4.58. The minimum absolute atomic E-state index is 0.181. The molecule has 0 radical (unpaired) electrons. The molecule has 4 rings (SSSR count). The van der Waals surface area contributed by atoms with Gasteiger partial charge in [0.15, 0.2) is 0 Å². The maximum atomic E-state index is 8.24. The Morgan fingerprint density at radius 2 is 2.15 bits per heavy atom. The molecule has 1 unspecified atom stereocenters. The molecule has 0 bridgehead atoms. The van der Waals surface area contributed by atoms with Crippen LogP contribution in [0.5, 0.6) is 5.75 Å². The van der Waals surface area contributed by atoms with E-state index in [-0.39, 0.29) is 5.92 Å². The van der Waals surface area contributed by atoms with Crippen LogP contribution >= 0.6 is 11.6 Å². The standard InChI is InChI=1S/C15H12ClN3O.C5H7NO/c1-20-12-3-4-13-10(8-12)6-7-17-15(13)19-11-2-5-14(16)18-9-11;6-3-5-1-2-7-4-5/h2-9H,1H3,(H,17,19);5H,1-2,4H2. The minimum Gasteiger partial charge on any atom is -0.497 e. The first-order chi connectivity index (χ1) is 13.2. The van der Waals surface area contributed by atoms with Gasteiger partial charge < -0.3 is 14.8 Å². The fraction of sp³-hybridized carbons (Fsp3) is 0.250. The SMILES string of the molecule is COc1ccc2c(Nc3ccc(Cl)nc3)nccc2c1.N#CC1CCOC1. The van der Waals surface area contributed by atoms with Crippen LogP contribution in [0.3, 0.4) is 0 Å². The molecule has 1 aliphatic heterocycles. The summed E-state index contributed by atoms with van der Waals surface area (Å²) in [6.45, 7) is 1.43. The Morgan fingerprint density at radius 1 is 1.26 bits per heavy atom. The van der Waals surface area contributed by atoms with E-state index in [1.165, 1.54) is 0 Å². The van der Waals surface area contributed by atoms with E-state index in [0.29, 0.717) is 11.8 Å². The molecule has 3 aromatic rings. The fourth-order valence-corrected chi connectivity index (χ4v) is 2.72. The number of nitrogens with one attached hydrogen (secondary N) is 1. The van der Waals surface area contributed by atoms with Gasteiger partial charge in [0, 0.05) is 18.2 Å². The molecule has 27 heavy (non-hydrogen) atoms. The van der Waals surface area contributed by atoms with Crippen molar-refractivity contribution in [1.29, 1.82) is 5.26 Å². The third-order valence-corrected chi connectivity index (χ3v) is 4.30. The van der Waals surface area contributed by atoms with Crippen LogP contribution in [0.2, 0.25) is 5.15 Å². The number of aromatic nitrogens is 2. The first-order valence-electron chi connectivity index (χ1n) is 8.48. The van der Waals surface area contributed by atoms with Gasteiger partial charge in [-0.05, 0) is 48.2 Å². The lowest BCUT2D eigenvalue weighted by Crippen LogP contribution is -1.95. The van der Waals surface area contributed by atoms with Crippen molar-refractivity contribution in [2.24, 2.45) is 5.92 Å². The van der Waals surface area contributed by atoms with Crippen molar-refractivity contribution in [2.45, 2.75) is 6.42 Å². The van der Waals surface area contributed by atoms with E-state index in [0.717, 1.165) is 41.1 Å². The van der Waals surface area contributed by atoms with Gasteiger partial charge in [0.25, 0.3) is 0 Å². The average Bonchev–Trinajstić information content (AvgIpc) is 3.24. The van der Waals surface area contributed by atoms with Gasteiger partial charge in [0.05, 0.1) is 37.6 Å². The normalized spacial score (nSPS) is 15.5. The van der Waals surface area contributed by atoms with E-state index in [1.807, 2.05) is 30.3 Å². The Morgan fingerprint density at radius 3 is 2.78 bits per heavy atom. The lowest BCUT2D eigenvalue weighted by Gasteiger charge is -2.09. The predicted molar refractivity (Wildman–Crippen MR) is 105 cm³/mol. The highest BCUT2D eigenvalue weighted by Crippen LogP contribution is 2.27. The summed E-state index contributed by atoms with van der Waals surface area (Å²) in [5.74, 6) is 1.78. The van der Waals surface area contributed by atoms with Crippen molar-refractivity contribution in [3.8, 4) is 11.8 Å². The average molecular weight is 383 g/mol. The molecule has 1 saturated heterocycles. The number of fused-ring (bicyclic) bond motifs is 1. The summed E-state index contributed by atoms with van der Waals surface area (Å²) in [5, 5.41) is 14.0. The maximum absolute atomic E-state index is 8.24. The van der Waals surface area contributed by atoms with E-state index in [9.17, 15) is 0 Å². The summed E-state index contributed by atoms with van der Waals surface area (Å²) in [7, 11) is 1.65. The van der Waals surface area contributed by atoms with Crippen molar-refractivity contribution in [3.63, 3.8) is 0 Å². The molecule has 0 saturated carbocycles. The zero-order valence-electron chi connectivity index (χ0n) is 14.9. The van der Waals surface area contributed by atoms with Gasteiger partial charge in [-0.15, -0.1) is 0 Å². The molecule has 3 heterocycles. The molecule has 7 heteroatoms. The van der Waals surface area contributed by atoms with Gasteiger partial charge in [-0.3, -0.25) is 0 Å². The number of hydrogen-bond donors (Lipinski definition) is 1. The topological polar surface area (TPSA) is 80.1 Å². The number of nitriles is 1. The second-order valence-electron chi connectivity index (χ2n) is 5.93. The number of anilines is 2. The Bertz CT molecular complexity index is 935. The van der Waals surface area contributed by atoms with Gasteiger partial charge >= 0.3 is 0 Å². The zero-order valence-corrected chi connectivity index (χ0v) is 15.6. The Kier molecular flexibility index (Phi) is 6.42. The third-order valence-electron chi connectivity index (χ3n) is 4.07. The van der Waals surface area contributed by atoms with Crippen LogP contribution in [-0.2, 0) is 4.74 Å². The van der Waals surface area contributed by atoms with E-state index < -0.39 is 0 Å². The number of halogens is 1. The van der Waals surface area contributed by atoms with E-state index in [2.05, 4.69) is 21.4 Å². The molecule has 0 aliphatic carbocycles. The number of nitrogens with zero attached hydrogens (tertiary/aromatic N) is 3. The van der Waals surface area contributed by atoms with Crippen molar-refractivity contribution < 1.29 is 9.47 Å². The summed E-state index contributed by atoms with van der Waals surface area (Å²) in [6.07, 6.45) is 4.36. The molecule has 0 amide bonds. The van der Waals surface area contributed by atoms with Crippen LogP contribution in [0.15, 0.2) is 48.8 Å². The number of hydrogen-bond acceptors (Lipinski definition) is 6. The number of pyridine rings is 2. The van der Waals surface area contributed by atoms with Crippen LogP contribution in [0.25, 0.3) is 10.8 Å². The summed E-state index contributed by atoms with van der Waals surface area (Å²) >= 11 is 5.77.